The molecule has 1 aliphatic heterocycles. The van der Waals surface area contributed by atoms with Crippen LogP contribution in [0.4, 0.5) is 15.8 Å². The molecule has 1 aliphatic rings. The SMILES string of the molecule is CCOc1cc(/C=C2\SC(=S)N(c3ccc(C)cc3C)C2=O)cc(Cl)c1OCC(=O)Nc1ccccc1F. The number of benzene rings is 3. The van der Waals surface area contributed by atoms with Crippen LogP contribution < -0.4 is 19.7 Å². The Labute approximate surface area is 234 Å². The summed E-state index contributed by atoms with van der Waals surface area (Å²) in [6, 6.07) is 14.9. The molecule has 3 aromatic rings. The lowest BCUT2D eigenvalue weighted by Gasteiger charge is -2.17. The molecule has 10 heteroatoms. The molecule has 0 atom stereocenters. The molecule has 1 heterocycles. The van der Waals surface area contributed by atoms with Gasteiger partial charge in [0.15, 0.2) is 22.4 Å². The first-order valence-corrected chi connectivity index (χ1v) is 13.3. The Bertz CT molecular complexity index is 1460. The van der Waals surface area contributed by atoms with Crippen molar-refractivity contribution in [3.05, 3.63) is 87.0 Å². The van der Waals surface area contributed by atoms with Crippen LogP contribution in [0.25, 0.3) is 6.08 Å². The number of thioether (sulfide) groups is 1. The summed E-state index contributed by atoms with van der Waals surface area (Å²) in [7, 11) is 0. The van der Waals surface area contributed by atoms with E-state index < -0.39 is 18.3 Å². The summed E-state index contributed by atoms with van der Waals surface area (Å²) in [5, 5.41) is 2.64. The third kappa shape index (κ3) is 6.18. The Morgan fingerprint density at radius 2 is 1.92 bits per heavy atom. The predicted molar refractivity (Wildman–Crippen MR) is 155 cm³/mol. The van der Waals surface area contributed by atoms with Crippen LogP contribution in [0.15, 0.2) is 59.5 Å². The lowest BCUT2D eigenvalue weighted by atomic mass is 10.1. The standard InChI is InChI=1S/C28H24ClFN2O4S2/c1-4-35-23-13-18(12-19(29)26(23)36-15-25(33)31-21-8-6-5-7-20(21)30)14-24-27(34)32(28(37)38-24)22-10-9-16(2)11-17(22)3/h5-14H,4,15H2,1-3H3,(H,31,33)/b24-14-. The fourth-order valence-corrected chi connectivity index (χ4v) is 5.40. The molecule has 0 aromatic heterocycles. The number of hydrogen-bond donors (Lipinski definition) is 1. The van der Waals surface area contributed by atoms with Crippen molar-refractivity contribution in [2.24, 2.45) is 0 Å². The molecule has 6 nitrogen and oxygen atoms in total. The molecule has 0 unspecified atom stereocenters. The third-order valence-electron chi connectivity index (χ3n) is 5.51. The van der Waals surface area contributed by atoms with E-state index in [-0.39, 0.29) is 22.4 Å². The smallest absolute Gasteiger partial charge is 0.270 e. The van der Waals surface area contributed by atoms with Crippen LogP contribution in [-0.4, -0.2) is 29.3 Å². The number of thiocarbonyl (C=S) groups is 1. The molecular weight excluding hydrogens is 547 g/mol. The van der Waals surface area contributed by atoms with E-state index in [0.29, 0.717) is 27.1 Å². The van der Waals surface area contributed by atoms with Crippen LogP contribution >= 0.6 is 35.6 Å². The van der Waals surface area contributed by atoms with Gasteiger partial charge >= 0.3 is 0 Å². The van der Waals surface area contributed by atoms with Gasteiger partial charge in [0.1, 0.15) is 5.82 Å². The lowest BCUT2D eigenvalue weighted by molar-refractivity contribution is -0.118. The molecule has 3 aromatic carbocycles. The zero-order valence-electron chi connectivity index (χ0n) is 20.8. The van der Waals surface area contributed by atoms with Gasteiger partial charge in [0, 0.05) is 0 Å². The summed E-state index contributed by atoms with van der Waals surface area (Å²) < 4.78 is 25.6. The van der Waals surface area contributed by atoms with Gasteiger partial charge in [-0.25, -0.2) is 4.39 Å². The van der Waals surface area contributed by atoms with Crippen LogP contribution in [0.5, 0.6) is 11.5 Å². The van der Waals surface area contributed by atoms with Crippen LogP contribution in [0.1, 0.15) is 23.6 Å². The molecule has 0 aliphatic carbocycles. The summed E-state index contributed by atoms with van der Waals surface area (Å²) in [4.78, 5) is 27.5. The van der Waals surface area contributed by atoms with Crippen molar-refractivity contribution in [3.8, 4) is 11.5 Å². The van der Waals surface area contributed by atoms with Gasteiger partial charge in [0.25, 0.3) is 11.8 Å². The van der Waals surface area contributed by atoms with Gasteiger partial charge in [-0.05, 0) is 68.3 Å². The minimum atomic E-state index is -0.562. The van der Waals surface area contributed by atoms with Gasteiger partial charge in [0.2, 0.25) is 0 Å². The molecule has 0 radical (unpaired) electrons. The van der Waals surface area contributed by atoms with Gasteiger partial charge in [-0.15, -0.1) is 0 Å². The number of carbonyl (C=O) groups excluding carboxylic acids is 2. The number of anilines is 2. The van der Waals surface area contributed by atoms with E-state index in [0.717, 1.165) is 16.8 Å². The fourth-order valence-electron chi connectivity index (χ4n) is 3.84. The second-order valence-corrected chi connectivity index (χ2v) is 10.5. The largest absolute Gasteiger partial charge is 0.490 e. The van der Waals surface area contributed by atoms with E-state index in [4.69, 9.17) is 33.3 Å². The molecule has 0 spiro atoms. The topological polar surface area (TPSA) is 67.9 Å². The maximum atomic E-state index is 13.8. The maximum absolute atomic E-state index is 13.8. The van der Waals surface area contributed by atoms with Crippen molar-refractivity contribution in [2.45, 2.75) is 20.8 Å². The Morgan fingerprint density at radius 1 is 1.16 bits per heavy atom. The van der Waals surface area contributed by atoms with Crippen molar-refractivity contribution >= 4 is 69.2 Å². The summed E-state index contributed by atoms with van der Waals surface area (Å²) in [6.07, 6.45) is 1.69. The zero-order valence-corrected chi connectivity index (χ0v) is 23.2. The van der Waals surface area contributed by atoms with Crippen LogP contribution in [0.2, 0.25) is 5.02 Å². The van der Waals surface area contributed by atoms with Crippen molar-refractivity contribution in [3.63, 3.8) is 0 Å². The highest BCUT2D eigenvalue weighted by molar-refractivity contribution is 8.27. The quantitative estimate of drug-likeness (QED) is 0.234. The molecule has 1 N–H and O–H groups in total. The van der Waals surface area contributed by atoms with Gasteiger partial charge in [-0.3, -0.25) is 14.5 Å². The average Bonchev–Trinajstić information content (AvgIpc) is 3.13. The number of hydrogen-bond acceptors (Lipinski definition) is 6. The van der Waals surface area contributed by atoms with E-state index >= 15 is 0 Å². The number of aryl methyl sites for hydroxylation is 2. The number of nitrogens with zero attached hydrogens (tertiary/aromatic N) is 1. The maximum Gasteiger partial charge on any atom is 0.270 e. The molecule has 1 fully saturated rings. The minimum Gasteiger partial charge on any atom is -0.490 e. The first-order chi connectivity index (χ1) is 18.2. The second kappa shape index (κ2) is 12.0. The predicted octanol–water partition coefficient (Wildman–Crippen LogP) is 6.92. The lowest BCUT2D eigenvalue weighted by Crippen LogP contribution is -2.28. The van der Waals surface area contributed by atoms with Crippen LogP contribution in [0, 0.1) is 19.7 Å². The Balaban J connectivity index is 1.54. The van der Waals surface area contributed by atoms with E-state index in [9.17, 15) is 14.0 Å². The van der Waals surface area contributed by atoms with Crippen LogP contribution in [-0.2, 0) is 9.59 Å². The zero-order chi connectivity index (χ0) is 27.4. The summed E-state index contributed by atoms with van der Waals surface area (Å²) in [5.41, 5.74) is 3.43. The molecule has 0 bridgehead atoms. The van der Waals surface area contributed by atoms with Gasteiger partial charge in [0.05, 0.1) is 27.9 Å². The summed E-state index contributed by atoms with van der Waals surface area (Å²) in [6.45, 7) is 5.62. The molecular formula is C28H24ClFN2O4S2. The van der Waals surface area contributed by atoms with Gasteiger partial charge in [-0.1, -0.05) is 65.4 Å². The number of rotatable bonds is 8. The first-order valence-electron chi connectivity index (χ1n) is 11.7. The van der Waals surface area contributed by atoms with Crippen molar-refractivity contribution in [2.75, 3.05) is 23.4 Å². The molecule has 38 heavy (non-hydrogen) atoms. The normalized spacial score (nSPS) is 14.2. The Hall–Kier alpha value is -3.40. The first kappa shape index (κ1) is 27.6. The number of amides is 2. The highest BCUT2D eigenvalue weighted by atomic mass is 35.5. The molecule has 196 valence electrons. The average molecular weight is 571 g/mol. The number of para-hydroxylation sites is 1. The van der Waals surface area contributed by atoms with E-state index in [2.05, 4.69) is 5.32 Å². The van der Waals surface area contributed by atoms with Gasteiger partial charge < -0.3 is 14.8 Å². The fraction of sp³-hybridized carbons (Fsp3) is 0.179. The molecule has 4 rings (SSSR count). The number of carbonyl (C=O) groups is 2. The van der Waals surface area contributed by atoms with E-state index in [1.807, 2.05) is 32.0 Å². The molecule has 0 saturated carbocycles. The van der Waals surface area contributed by atoms with Crippen molar-refractivity contribution in [1.82, 2.24) is 0 Å². The monoisotopic (exact) mass is 570 g/mol. The minimum absolute atomic E-state index is 0.0470. The van der Waals surface area contributed by atoms with E-state index in [1.165, 1.54) is 34.9 Å². The van der Waals surface area contributed by atoms with Gasteiger partial charge in [-0.2, -0.15) is 0 Å². The summed E-state index contributed by atoms with van der Waals surface area (Å²) >= 11 is 13.2. The number of ether oxygens (including phenoxy) is 2. The number of halogens is 2. The van der Waals surface area contributed by atoms with Crippen LogP contribution in [0.3, 0.4) is 0 Å². The van der Waals surface area contributed by atoms with E-state index in [1.54, 1.807) is 31.2 Å². The number of nitrogens with one attached hydrogen (secondary N) is 1. The third-order valence-corrected chi connectivity index (χ3v) is 7.09. The molecule has 2 amide bonds. The highest BCUT2D eigenvalue weighted by Gasteiger charge is 2.34. The van der Waals surface area contributed by atoms with Crippen molar-refractivity contribution in [1.29, 1.82) is 0 Å². The highest BCUT2D eigenvalue weighted by Crippen LogP contribution is 2.40. The summed E-state index contributed by atoms with van der Waals surface area (Å²) in [5.74, 6) is -0.882. The van der Waals surface area contributed by atoms with Crippen molar-refractivity contribution < 1.29 is 23.5 Å². The molecule has 1 saturated heterocycles. The Kier molecular flexibility index (Phi) is 8.71. The Morgan fingerprint density at radius 3 is 2.63 bits per heavy atom. The second-order valence-electron chi connectivity index (χ2n) is 8.39.